The zero-order valence-electron chi connectivity index (χ0n) is 14.2. The fraction of sp³-hybridized carbons (Fsp3) is 0.312. The number of halogens is 2. The number of hydrogen-bond donors (Lipinski definition) is 2. The molecule has 2 heterocycles. The van der Waals surface area contributed by atoms with Crippen LogP contribution in [0.2, 0.25) is 10.0 Å². The minimum Gasteiger partial charge on any atom is -0.395 e. The molecule has 0 aliphatic rings. The largest absolute Gasteiger partial charge is 0.395 e. The lowest BCUT2D eigenvalue weighted by atomic mass is 10.2. The van der Waals surface area contributed by atoms with Crippen LogP contribution in [-0.4, -0.2) is 36.9 Å². The summed E-state index contributed by atoms with van der Waals surface area (Å²) in [5, 5.41) is 12.6. The molecule has 0 bridgehead atoms. The number of fused-ring (bicyclic) bond motifs is 1. The first-order chi connectivity index (χ1) is 12.3. The Labute approximate surface area is 158 Å². The lowest BCUT2D eigenvalue weighted by Crippen LogP contribution is -2.39. The van der Waals surface area contributed by atoms with E-state index in [-0.39, 0.29) is 30.9 Å². The van der Waals surface area contributed by atoms with Crippen LogP contribution in [0.5, 0.6) is 0 Å². The zero-order valence-corrected chi connectivity index (χ0v) is 15.7. The molecule has 138 valence electrons. The smallest absolute Gasteiger partial charge is 0.332 e. The van der Waals surface area contributed by atoms with E-state index in [1.54, 1.807) is 36.9 Å². The highest BCUT2D eigenvalue weighted by Crippen LogP contribution is 2.22. The topological polar surface area (TPSA) is 94.1 Å². The summed E-state index contributed by atoms with van der Waals surface area (Å²) in [4.78, 5) is 29.9. The molecule has 26 heavy (non-hydrogen) atoms. The minimum atomic E-state index is -0.486. The normalized spacial score (nSPS) is 11.3. The summed E-state index contributed by atoms with van der Waals surface area (Å²) in [5.74, 6) is 0.397. The molecule has 0 aliphatic heterocycles. The number of aromatic nitrogens is 4. The lowest BCUT2D eigenvalue weighted by Gasteiger charge is -2.09. The maximum absolute atomic E-state index is 12.9. The molecule has 0 aliphatic carbocycles. The predicted molar refractivity (Wildman–Crippen MR) is 101 cm³/mol. The van der Waals surface area contributed by atoms with Crippen LogP contribution in [0.15, 0.2) is 27.8 Å². The number of aryl methyl sites for hydroxylation is 2. The summed E-state index contributed by atoms with van der Waals surface area (Å²) < 4.78 is 4.01. The van der Waals surface area contributed by atoms with Crippen LogP contribution in [0.4, 0.5) is 5.95 Å². The fourth-order valence-electron chi connectivity index (χ4n) is 2.73. The first kappa shape index (κ1) is 18.5. The molecular weight excluding hydrogens is 381 g/mol. The van der Waals surface area contributed by atoms with Crippen molar-refractivity contribution in [3.8, 4) is 0 Å². The number of anilines is 1. The van der Waals surface area contributed by atoms with Gasteiger partial charge in [0.25, 0.3) is 5.56 Å². The molecule has 0 saturated heterocycles. The first-order valence-electron chi connectivity index (χ1n) is 7.80. The van der Waals surface area contributed by atoms with Crippen molar-refractivity contribution in [2.24, 2.45) is 14.1 Å². The van der Waals surface area contributed by atoms with Gasteiger partial charge in [0.1, 0.15) is 0 Å². The van der Waals surface area contributed by atoms with E-state index >= 15 is 0 Å². The standard InChI is InChI=1S/C16H17Cl2N5O3/c1-21-12-13(20-15(21)19-5-6-24)22(2)16(26)23(14(12)25)8-9-3-4-10(17)11(18)7-9/h3-4,7,24H,5-6,8H2,1-2H3,(H,19,20). The van der Waals surface area contributed by atoms with Crippen molar-refractivity contribution in [2.75, 3.05) is 18.5 Å². The van der Waals surface area contributed by atoms with Gasteiger partial charge in [-0.15, -0.1) is 0 Å². The van der Waals surface area contributed by atoms with E-state index in [2.05, 4.69) is 10.3 Å². The summed E-state index contributed by atoms with van der Waals surface area (Å²) >= 11 is 11.9. The molecular formula is C16H17Cl2N5O3. The summed E-state index contributed by atoms with van der Waals surface area (Å²) in [6.45, 7) is 0.259. The summed E-state index contributed by atoms with van der Waals surface area (Å²) in [5.41, 5.74) is 0.293. The molecule has 0 radical (unpaired) electrons. The molecule has 3 rings (SSSR count). The number of rotatable bonds is 5. The third-order valence-electron chi connectivity index (χ3n) is 4.08. The Morgan fingerprint density at radius 2 is 1.88 bits per heavy atom. The molecule has 8 nitrogen and oxygen atoms in total. The highest BCUT2D eigenvalue weighted by Gasteiger charge is 2.18. The van der Waals surface area contributed by atoms with Crippen LogP contribution in [-0.2, 0) is 20.6 Å². The number of nitrogens with zero attached hydrogens (tertiary/aromatic N) is 4. The Hall–Kier alpha value is -2.29. The second-order valence-corrected chi connectivity index (χ2v) is 6.61. The van der Waals surface area contributed by atoms with E-state index in [9.17, 15) is 9.59 Å². The molecule has 0 spiro atoms. The van der Waals surface area contributed by atoms with Crippen LogP contribution in [0, 0.1) is 0 Å². The number of imidazole rings is 1. The number of aliphatic hydroxyl groups is 1. The highest BCUT2D eigenvalue weighted by atomic mass is 35.5. The maximum atomic E-state index is 12.9. The van der Waals surface area contributed by atoms with Gasteiger partial charge in [0.05, 0.1) is 23.2 Å². The lowest BCUT2D eigenvalue weighted by molar-refractivity contribution is 0.310. The second-order valence-electron chi connectivity index (χ2n) is 5.80. The third kappa shape index (κ3) is 3.11. The van der Waals surface area contributed by atoms with Gasteiger partial charge in [0.15, 0.2) is 11.2 Å². The van der Waals surface area contributed by atoms with Gasteiger partial charge in [-0.2, -0.15) is 4.98 Å². The van der Waals surface area contributed by atoms with Crippen molar-refractivity contribution in [3.05, 3.63) is 54.6 Å². The highest BCUT2D eigenvalue weighted by molar-refractivity contribution is 6.42. The average molecular weight is 398 g/mol. The van der Waals surface area contributed by atoms with Crippen molar-refractivity contribution in [1.82, 2.24) is 18.7 Å². The summed E-state index contributed by atoms with van der Waals surface area (Å²) in [6, 6.07) is 4.95. The Balaban J connectivity index is 2.17. The van der Waals surface area contributed by atoms with E-state index < -0.39 is 11.2 Å². The Kier molecular flexibility index (Phi) is 5.08. The van der Waals surface area contributed by atoms with Gasteiger partial charge >= 0.3 is 5.69 Å². The first-order valence-corrected chi connectivity index (χ1v) is 8.55. The predicted octanol–water partition coefficient (Wildman–Crippen LogP) is 1.19. The molecule has 2 N–H and O–H groups in total. The Morgan fingerprint density at radius 1 is 1.15 bits per heavy atom. The average Bonchev–Trinajstić information content (AvgIpc) is 2.95. The summed E-state index contributed by atoms with van der Waals surface area (Å²) in [6.07, 6.45) is 0. The van der Waals surface area contributed by atoms with Crippen LogP contribution in [0.1, 0.15) is 5.56 Å². The van der Waals surface area contributed by atoms with Gasteiger partial charge < -0.3 is 15.0 Å². The van der Waals surface area contributed by atoms with Crippen molar-refractivity contribution < 1.29 is 5.11 Å². The monoisotopic (exact) mass is 397 g/mol. The minimum absolute atomic E-state index is 0.0584. The SMILES string of the molecule is Cn1c(NCCO)nc2c1c(=O)n(Cc1ccc(Cl)c(Cl)c1)c(=O)n2C. The van der Waals surface area contributed by atoms with Gasteiger partial charge in [-0.3, -0.25) is 13.9 Å². The molecule has 0 fully saturated rings. The number of aliphatic hydroxyl groups excluding tert-OH is 1. The molecule has 0 atom stereocenters. The maximum Gasteiger partial charge on any atom is 0.332 e. The van der Waals surface area contributed by atoms with E-state index in [0.717, 1.165) is 4.57 Å². The van der Waals surface area contributed by atoms with Crippen LogP contribution in [0.3, 0.4) is 0 Å². The quantitative estimate of drug-likeness (QED) is 0.674. The molecule has 1 aromatic carbocycles. The fourth-order valence-corrected chi connectivity index (χ4v) is 3.05. The van der Waals surface area contributed by atoms with Crippen molar-refractivity contribution >= 4 is 40.3 Å². The molecule has 0 amide bonds. The number of hydrogen-bond acceptors (Lipinski definition) is 5. The number of nitrogens with one attached hydrogen (secondary N) is 1. The molecule has 10 heteroatoms. The molecule has 3 aromatic rings. The van der Waals surface area contributed by atoms with Gasteiger partial charge in [0, 0.05) is 20.6 Å². The number of benzene rings is 1. The summed E-state index contributed by atoms with van der Waals surface area (Å²) in [7, 11) is 3.22. The van der Waals surface area contributed by atoms with Crippen molar-refractivity contribution in [1.29, 1.82) is 0 Å². The zero-order chi connectivity index (χ0) is 19.0. The second kappa shape index (κ2) is 7.14. The van der Waals surface area contributed by atoms with E-state index in [0.29, 0.717) is 21.6 Å². The van der Waals surface area contributed by atoms with Crippen molar-refractivity contribution in [3.63, 3.8) is 0 Å². The molecule has 2 aromatic heterocycles. The van der Waals surface area contributed by atoms with Crippen LogP contribution < -0.4 is 16.6 Å². The van der Waals surface area contributed by atoms with E-state index in [4.69, 9.17) is 28.3 Å². The van der Waals surface area contributed by atoms with Gasteiger partial charge in [-0.05, 0) is 17.7 Å². The van der Waals surface area contributed by atoms with Gasteiger partial charge in [0.2, 0.25) is 5.95 Å². The van der Waals surface area contributed by atoms with Crippen LogP contribution in [0.25, 0.3) is 11.2 Å². The van der Waals surface area contributed by atoms with E-state index in [1.807, 2.05) is 0 Å². The van der Waals surface area contributed by atoms with Crippen molar-refractivity contribution in [2.45, 2.75) is 6.54 Å². The van der Waals surface area contributed by atoms with E-state index in [1.165, 1.54) is 4.57 Å². The van der Waals surface area contributed by atoms with Gasteiger partial charge in [-0.25, -0.2) is 4.79 Å². The Bertz CT molecular complexity index is 1100. The molecule has 0 saturated carbocycles. The third-order valence-corrected chi connectivity index (χ3v) is 4.82. The Morgan fingerprint density at radius 3 is 2.54 bits per heavy atom. The van der Waals surface area contributed by atoms with Gasteiger partial charge in [-0.1, -0.05) is 29.3 Å². The molecule has 0 unspecified atom stereocenters. The van der Waals surface area contributed by atoms with Crippen LogP contribution >= 0.6 is 23.2 Å².